The molecule has 0 bridgehead atoms. The fourth-order valence-electron chi connectivity index (χ4n) is 4.11. The fraction of sp³-hybridized carbons (Fsp3) is 0.550. The number of carboxylic acids is 1. The van der Waals surface area contributed by atoms with E-state index in [0.29, 0.717) is 24.2 Å². The summed E-state index contributed by atoms with van der Waals surface area (Å²) in [7, 11) is 0. The molecule has 3 amide bonds. The topological polar surface area (TPSA) is 98.7 Å². The molecule has 27 heavy (non-hydrogen) atoms. The molecule has 0 unspecified atom stereocenters. The fourth-order valence-corrected chi connectivity index (χ4v) is 4.11. The summed E-state index contributed by atoms with van der Waals surface area (Å²) in [4.78, 5) is 38.0. The van der Waals surface area contributed by atoms with Gasteiger partial charge in [-0.05, 0) is 63.8 Å². The van der Waals surface area contributed by atoms with Crippen molar-refractivity contribution in [1.29, 1.82) is 0 Å². The van der Waals surface area contributed by atoms with E-state index in [2.05, 4.69) is 10.6 Å². The molecule has 1 aromatic rings. The number of fused-ring (bicyclic) bond motifs is 1. The molecular formula is C20H27N3O4. The number of anilines is 1. The van der Waals surface area contributed by atoms with Crippen molar-refractivity contribution in [3.05, 3.63) is 29.8 Å². The van der Waals surface area contributed by atoms with Crippen LogP contribution in [0, 0.1) is 11.3 Å². The lowest BCUT2D eigenvalue weighted by atomic mass is 9.81. The highest BCUT2D eigenvalue weighted by atomic mass is 16.4. The minimum Gasteiger partial charge on any atom is -0.481 e. The van der Waals surface area contributed by atoms with Crippen LogP contribution < -0.4 is 10.6 Å². The number of nitrogens with zero attached hydrogens (tertiary/aromatic N) is 1. The smallest absolute Gasteiger partial charge is 0.321 e. The van der Waals surface area contributed by atoms with Gasteiger partial charge in [-0.3, -0.25) is 9.59 Å². The number of aliphatic carboxylic acids is 1. The summed E-state index contributed by atoms with van der Waals surface area (Å²) in [6, 6.07) is 6.39. The maximum absolute atomic E-state index is 12.6. The largest absolute Gasteiger partial charge is 0.481 e. The molecule has 1 heterocycles. The normalized spacial score (nSPS) is 24.4. The molecule has 0 spiro atoms. The lowest BCUT2D eigenvalue weighted by Gasteiger charge is -2.23. The predicted molar refractivity (Wildman–Crippen MR) is 102 cm³/mol. The van der Waals surface area contributed by atoms with E-state index >= 15 is 0 Å². The number of carbonyl (C=O) groups excluding carboxylic acids is 2. The van der Waals surface area contributed by atoms with Crippen molar-refractivity contribution < 1.29 is 19.5 Å². The molecule has 0 aromatic heterocycles. The zero-order valence-electron chi connectivity index (χ0n) is 16.0. The van der Waals surface area contributed by atoms with Crippen molar-refractivity contribution in [1.82, 2.24) is 10.2 Å². The van der Waals surface area contributed by atoms with Crippen LogP contribution >= 0.6 is 0 Å². The maximum atomic E-state index is 12.6. The number of urea groups is 1. The first-order chi connectivity index (χ1) is 12.6. The van der Waals surface area contributed by atoms with Crippen molar-refractivity contribution in [2.24, 2.45) is 11.3 Å². The molecule has 1 aromatic carbocycles. The molecule has 1 saturated heterocycles. The Morgan fingerprint density at radius 1 is 1.19 bits per heavy atom. The van der Waals surface area contributed by atoms with Gasteiger partial charge in [-0.1, -0.05) is 6.42 Å². The molecule has 7 heteroatoms. The summed E-state index contributed by atoms with van der Waals surface area (Å²) in [5.74, 6) is -0.935. The Kier molecular flexibility index (Phi) is 4.88. The summed E-state index contributed by atoms with van der Waals surface area (Å²) in [5, 5.41) is 15.3. The number of nitrogens with one attached hydrogen (secondary N) is 2. The van der Waals surface area contributed by atoms with Crippen LogP contribution in [-0.2, 0) is 4.79 Å². The number of amides is 3. The molecule has 3 rings (SSSR count). The second-order valence-electron chi connectivity index (χ2n) is 8.64. The number of hydrogen-bond acceptors (Lipinski definition) is 3. The Labute approximate surface area is 159 Å². The van der Waals surface area contributed by atoms with Crippen LogP contribution in [0.3, 0.4) is 0 Å². The van der Waals surface area contributed by atoms with Crippen LogP contribution in [0.15, 0.2) is 24.3 Å². The number of hydrogen-bond donors (Lipinski definition) is 3. The van der Waals surface area contributed by atoms with E-state index in [4.69, 9.17) is 0 Å². The number of carbonyl (C=O) groups is 3. The van der Waals surface area contributed by atoms with Crippen molar-refractivity contribution in [3.63, 3.8) is 0 Å². The predicted octanol–water partition coefficient (Wildman–Crippen LogP) is 2.93. The maximum Gasteiger partial charge on any atom is 0.321 e. The van der Waals surface area contributed by atoms with Crippen molar-refractivity contribution in [2.75, 3.05) is 18.4 Å². The number of rotatable bonds is 3. The van der Waals surface area contributed by atoms with E-state index in [9.17, 15) is 19.5 Å². The first-order valence-corrected chi connectivity index (χ1v) is 9.33. The monoisotopic (exact) mass is 373 g/mol. The summed E-state index contributed by atoms with van der Waals surface area (Å²) >= 11 is 0. The minimum absolute atomic E-state index is 0.0317. The number of benzene rings is 1. The van der Waals surface area contributed by atoms with Crippen LogP contribution in [0.2, 0.25) is 0 Å². The lowest BCUT2D eigenvalue weighted by molar-refractivity contribution is -0.149. The summed E-state index contributed by atoms with van der Waals surface area (Å²) in [6.07, 6.45) is 2.40. The van der Waals surface area contributed by atoms with Gasteiger partial charge in [0.25, 0.3) is 5.91 Å². The molecule has 0 radical (unpaired) electrons. The standard InChI is InChI=1S/C20H27N3O4/c1-19(2,3)22-16(24)13-6-8-15(9-7-13)21-18(27)23-11-14-5-4-10-20(14,12-23)17(25)26/h6-9,14H,4-5,10-12H2,1-3H3,(H,21,27)(H,22,24)(H,25,26)/t14-,20+/m0/s1. The van der Waals surface area contributed by atoms with Crippen molar-refractivity contribution in [3.8, 4) is 0 Å². The van der Waals surface area contributed by atoms with E-state index in [1.54, 1.807) is 29.2 Å². The highest BCUT2D eigenvalue weighted by molar-refractivity contribution is 5.96. The molecule has 1 aliphatic carbocycles. The van der Waals surface area contributed by atoms with E-state index in [-0.39, 0.29) is 29.9 Å². The van der Waals surface area contributed by atoms with Gasteiger partial charge >= 0.3 is 12.0 Å². The second-order valence-corrected chi connectivity index (χ2v) is 8.64. The Morgan fingerprint density at radius 2 is 1.85 bits per heavy atom. The Balaban J connectivity index is 1.62. The average molecular weight is 373 g/mol. The minimum atomic E-state index is -0.797. The summed E-state index contributed by atoms with van der Waals surface area (Å²) in [5.41, 5.74) is -0.0124. The second kappa shape index (κ2) is 6.87. The molecule has 1 aliphatic heterocycles. The van der Waals surface area contributed by atoms with Gasteiger partial charge in [0, 0.05) is 29.9 Å². The van der Waals surface area contributed by atoms with Crippen molar-refractivity contribution >= 4 is 23.6 Å². The van der Waals surface area contributed by atoms with Gasteiger partial charge in [0.05, 0.1) is 5.41 Å². The summed E-state index contributed by atoms with van der Waals surface area (Å²) < 4.78 is 0. The first-order valence-electron chi connectivity index (χ1n) is 9.33. The molecule has 2 aliphatic rings. The van der Waals surface area contributed by atoms with Crippen LogP contribution in [-0.4, -0.2) is 46.5 Å². The highest BCUT2D eigenvalue weighted by Gasteiger charge is 2.55. The number of carboxylic acid groups (broad SMARTS) is 1. The van der Waals surface area contributed by atoms with Gasteiger partial charge in [-0.15, -0.1) is 0 Å². The van der Waals surface area contributed by atoms with E-state index < -0.39 is 11.4 Å². The lowest BCUT2D eigenvalue weighted by Crippen LogP contribution is -2.40. The Morgan fingerprint density at radius 3 is 2.41 bits per heavy atom. The molecule has 3 N–H and O–H groups in total. The van der Waals surface area contributed by atoms with E-state index in [0.717, 1.165) is 12.8 Å². The Hall–Kier alpha value is -2.57. The van der Waals surface area contributed by atoms with Gasteiger partial charge in [0.15, 0.2) is 0 Å². The van der Waals surface area contributed by atoms with Crippen LogP contribution in [0.5, 0.6) is 0 Å². The molecule has 2 fully saturated rings. The van der Waals surface area contributed by atoms with Crippen LogP contribution in [0.1, 0.15) is 50.4 Å². The first kappa shape index (κ1) is 19.2. The van der Waals surface area contributed by atoms with Gasteiger partial charge < -0.3 is 20.6 Å². The van der Waals surface area contributed by atoms with E-state index in [1.165, 1.54) is 0 Å². The molecule has 7 nitrogen and oxygen atoms in total. The SMILES string of the molecule is CC(C)(C)NC(=O)c1ccc(NC(=O)N2C[C@@H]3CCC[C@@]3(C(=O)O)C2)cc1. The molecular weight excluding hydrogens is 346 g/mol. The molecule has 2 atom stereocenters. The Bertz CT molecular complexity index is 753. The third-order valence-corrected chi connectivity index (χ3v) is 5.47. The van der Waals surface area contributed by atoms with E-state index in [1.807, 2.05) is 20.8 Å². The van der Waals surface area contributed by atoms with Gasteiger partial charge in [-0.2, -0.15) is 0 Å². The highest BCUT2D eigenvalue weighted by Crippen LogP contribution is 2.48. The van der Waals surface area contributed by atoms with Crippen molar-refractivity contribution in [2.45, 2.75) is 45.6 Å². The molecule has 1 saturated carbocycles. The number of likely N-dealkylation sites (tertiary alicyclic amines) is 1. The van der Waals surface area contributed by atoms with Crippen LogP contribution in [0.4, 0.5) is 10.5 Å². The van der Waals surface area contributed by atoms with Gasteiger partial charge in [0.2, 0.25) is 0 Å². The summed E-state index contributed by atoms with van der Waals surface area (Å²) in [6.45, 7) is 6.47. The average Bonchev–Trinajstić information content (AvgIpc) is 3.12. The third kappa shape index (κ3) is 3.91. The van der Waals surface area contributed by atoms with Crippen LogP contribution in [0.25, 0.3) is 0 Å². The van der Waals surface area contributed by atoms with Gasteiger partial charge in [0.1, 0.15) is 0 Å². The quantitative estimate of drug-likeness (QED) is 0.758. The van der Waals surface area contributed by atoms with Gasteiger partial charge in [-0.25, -0.2) is 4.79 Å². The zero-order chi connectivity index (χ0) is 19.8. The molecule has 146 valence electrons. The zero-order valence-corrected chi connectivity index (χ0v) is 16.0. The third-order valence-electron chi connectivity index (χ3n) is 5.47.